The fraction of sp³-hybridized carbons (Fsp3) is 0.227. The largest absolute Gasteiger partial charge is 0.489 e. The number of hydrogen-bond donors (Lipinski definition) is 0. The molecule has 0 aliphatic rings. The average molecular weight is 363 g/mol. The van der Waals surface area contributed by atoms with Crippen molar-refractivity contribution >= 4 is 22.3 Å². The molecule has 2 heterocycles. The van der Waals surface area contributed by atoms with E-state index in [9.17, 15) is 0 Å². The molecule has 0 atom stereocenters. The van der Waals surface area contributed by atoms with Crippen molar-refractivity contribution < 1.29 is 9.15 Å². The molecule has 0 radical (unpaired) electrons. The summed E-state index contributed by atoms with van der Waals surface area (Å²) in [7, 11) is 0. The van der Waals surface area contributed by atoms with Gasteiger partial charge in [0.2, 0.25) is 0 Å². The molecule has 0 aliphatic carbocycles. The Hall–Kier alpha value is -2.59. The molecule has 2 aromatic heterocycles. The molecule has 0 amide bonds. The number of fused-ring (bicyclic) bond motifs is 1. The van der Waals surface area contributed by atoms with Crippen LogP contribution in [0.25, 0.3) is 21.7 Å². The maximum absolute atomic E-state index is 5.99. The average Bonchev–Trinajstić information content (AvgIpc) is 3.27. The minimum atomic E-state index is 0.0409. The lowest BCUT2D eigenvalue weighted by Crippen LogP contribution is -2.11. The van der Waals surface area contributed by atoms with Crippen LogP contribution in [0.2, 0.25) is 0 Å². The molecular formula is C22H21NO2S. The molecule has 4 aromatic rings. The second-order valence-electron chi connectivity index (χ2n) is 7.37. The topological polar surface area (TPSA) is 35.3 Å². The van der Waals surface area contributed by atoms with E-state index >= 15 is 0 Å². The monoisotopic (exact) mass is 363 g/mol. The van der Waals surface area contributed by atoms with E-state index in [0.717, 1.165) is 38.7 Å². The zero-order valence-electron chi connectivity index (χ0n) is 15.2. The summed E-state index contributed by atoms with van der Waals surface area (Å²) in [5, 5.41) is 4.05. The molecule has 0 bridgehead atoms. The number of benzene rings is 2. The highest BCUT2D eigenvalue weighted by molar-refractivity contribution is 7.13. The van der Waals surface area contributed by atoms with Gasteiger partial charge < -0.3 is 9.15 Å². The van der Waals surface area contributed by atoms with Gasteiger partial charge in [-0.15, -0.1) is 11.3 Å². The van der Waals surface area contributed by atoms with Crippen molar-refractivity contribution in [1.82, 2.24) is 4.98 Å². The minimum absolute atomic E-state index is 0.0409. The van der Waals surface area contributed by atoms with Crippen molar-refractivity contribution in [3.05, 3.63) is 71.2 Å². The second-order valence-corrected chi connectivity index (χ2v) is 8.23. The van der Waals surface area contributed by atoms with Crippen LogP contribution in [0.1, 0.15) is 32.0 Å². The number of ether oxygens (including phenoxy) is 1. The van der Waals surface area contributed by atoms with E-state index in [1.165, 1.54) is 0 Å². The first-order chi connectivity index (χ1) is 12.5. The highest BCUT2D eigenvalue weighted by Gasteiger charge is 2.19. The summed E-state index contributed by atoms with van der Waals surface area (Å²) in [6.07, 6.45) is 0. The Kier molecular flexibility index (Phi) is 4.29. The van der Waals surface area contributed by atoms with Gasteiger partial charge in [0.25, 0.3) is 0 Å². The van der Waals surface area contributed by atoms with E-state index in [0.29, 0.717) is 6.61 Å². The quantitative estimate of drug-likeness (QED) is 0.419. The van der Waals surface area contributed by atoms with Crippen LogP contribution in [-0.2, 0) is 12.0 Å². The molecule has 2 aromatic carbocycles. The predicted octanol–water partition coefficient (Wildman–Crippen LogP) is 6.43. The summed E-state index contributed by atoms with van der Waals surface area (Å²) >= 11 is 1.62. The predicted molar refractivity (Wildman–Crippen MR) is 107 cm³/mol. The van der Waals surface area contributed by atoms with Crippen LogP contribution < -0.4 is 4.74 Å². The fourth-order valence-electron chi connectivity index (χ4n) is 2.69. The third-order valence-corrected chi connectivity index (χ3v) is 5.08. The van der Waals surface area contributed by atoms with Crippen molar-refractivity contribution in [1.29, 1.82) is 0 Å². The Morgan fingerprint density at radius 3 is 2.58 bits per heavy atom. The first kappa shape index (κ1) is 16.9. The van der Waals surface area contributed by atoms with Crippen LogP contribution in [0.3, 0.4) is 0 Å². The van der Waals surface area contributed by atoms with Gasteiger partial charge in [-0.05, 0) is 29.8 Å². The number of nitrogens with zero attached hydrogens (tertiary/aromatic N) is 1. The molecule has 26 heavy (non-hydrogen) atoms. The van der Waals surface area contributed by atoms with Gasteiger partial charge in [-0.2, -0.15) is 0 Å². The zero-order valence-corrected chi connectivity index (χ0v) is 16.0. The molecule has 0 saturated carbocycles. The molecule has 0 N–H and O–H groups in total. The maximum atomic E-state index is 5.99. The van der Waals surface area contributed by atoms with Crippen LogP contribution in [0.4, 0.5) is 0 Å². The first-order valence-corrected chi connectivity index (χ1v) is 9.54. The van der Waals surface area contributed by atoms with Gasteiger partial charge >= 0.3 is 0 Å². The third-order valence-electron chi connectivity index (χ3n) is 4.22. The van der Waals surface area contributed by atoms with Crippen LogP contribution in [0, 0.1) is 0 Å². The van der Waals surface area contributed by atoms with Gasteiger partial charge in [-0.25, -0.2) is 4.98 Å². The standard InChI is InChI=1S/C22H21NO2S/c1-22(2,3)20-14-26-21(23-20)19-12-16-11-17(9-10-18(16)25-19)24-13-15-7-5-4-6-8-15/h4-12,14H,13H2,1-3H3. The Bertz CT molecular complexity index is 1030. The smallest absolute Gasteiger partial charge is 0.164 e. The minimum Gasteiger partial charge on any atom is -0.489 e. The van der Waals surface area contributed by atoms with Crippen LogP contribution in [0.5, 0.6) is 5.75 Å². The summed E-state index contributed by atoms with van der Waals surface area (Å²) in [5.41, 5.74) is 3.13. The molecule has 132 valence electrons. The summed E-state index contributed by atoms with van der Waals surface area (Å²) in [6, 6.07) is 18.1. The number of aromatic nitrogens is 1. The Morgan fingerprint density at radius 2 is 1.85 bits per heavy atom. The van der Waals surface area contributed by atoms with Gasteiger partial charge in [-0.3, -0.25) is 0 Å². The van der Waals surface area contributed by atoms with Crippen molar-refractivity contribution in [2.24, 2.45) is 0 Å². The van der Waals surface area contributed by atoms with Crippen LogP contribution in [0.15, 0.2) is 64.4 Å². The lowest BCUT2D eigenvalue weighted by atomic mass is 9.93. The van der Waals surface area contributed by atoms with E-state index in [4.69, 9.17) is 14.1 Å². The second kappa shape index (κ2) is 6.61. The number of rotatable bonds is 4. The molecular weight excluding hydrogens is 342 g/mol. The summed E-state index contributed by atoms with van der Waals surface area (Å²) in [6.45, 7) is 7.06. The van der Waals surface area contributed by atoms with E-state index in [2.05, 4.69) is 38.3 Å². The molecule has 0 unspecified atom stereocenters. The number of thiazole rings is 1. The summed E-state index contributed by atoms with van der Waals surface area (Å²) in [4.78, 5) is 4.74. The number of furan rings is 1. The summed E-state index contributed by atoms with van der Waals surface area (Å²) < 4.78 is 11.9. The first-order valence-electron chi connectivity index (χ1n) is 8.66. The highest BCUT2D eigenvalue weighted by atomic mass is 32.1. The molecule has 0 fully saturated rings. The van der Waals surface area contributed by atoms with Gasteiger partial charge in [0.05, 0.1) is 5.69 Å². The van der Waals surface area contributed by atoms with E-state index in [-0.39, 0.29) is 5.41 Å². The molecule has 0 spiro atoms. The van der Waals surface area contributed by atoms with Crippen LogP contribution >= 0.6 is 11.3 Å². The van der Waals surface area contributed by atoms with Crippen molar-refractivity contribution in [2.45, 2.75) is 32.8 Å². The highest BCUT2D eigenvalue weighted by Crippen LogP contribution is 2.34. The van der Waals surface area contributed by atoms with Gasteiger partial charge in [-0.1, -0.05) is 51.1 Å². The lowest BCUT2D eigenvalue weighted by Gasteiger charge is -2.13. The molecule has 0 aliphatic heterocycles. The van der Waals surface area contributed by atoms with Crippen molar-refractivity contribution in [3.63, 3.8) is 0 Å². The van der Waals surface area contributed by atoms with E-state index in [1.54, 1.807) is 11.3 Å². The summed E-state index contributed by atoms with van der Waals surface area (Å²) in [5.74, 6) is 1.64. The molecule has 0 saturated heterocycles. The third kappa shape index (κ3) is 3.51. The van der Waals surface area contributed by atoms with Gasteiger partial charge in [0.1, 0.15) is 17.9 Å². The zero-order chi connectivity index (χ0) is 18.1. The fourth-order valence-corrected chi connectivity index (χ4v) is 3.69. The van der Waals surface area contributed by atoms with Gasteiger partial charge in [0, 0.05) is 16.2 Å². The lowest BCUT2D eigenvalue weighted by molar-refractivity contribution is 0.306. The normalized spacial score (nSPS) is 11.8. The Morgan fingerprint density at radius 1 is 1.04 bits per heavy atom. The number of hydrogen-bond acceptors (Lipinski definition) is 4. The van der Waals surface area contributed by atoms with E-state index < -0.39 is 0 Å². The maximum Gasteiger partial charge on any atom is 0.164 e. The Labute approximate surface area is 157 Å². The van der Waals surface area contributed by atoms with Crippen molar-refractivity contribution in [2.75, 3.05) is 0 Å². The SMILES string of the molecule is CC(C)(C)c1csc(-c2cc3cc(OCc4ccccc4)ccc3o2)n1. The van der Waals surface area contributed by atoms with E-state index in [1.807, 2.05) is 42.5 Å². The Balaban J connectivity index is 1.57. The molecule has 4 heteroatoms. The van der Waals surface area contributed by atoms with Crippen molar-refractivity contribution in [3.8, 4) is 16.5 Å². The molecule has 4 rings (SSSR count). The van der Waals surface area contributed by atoms with Gasteiger partial charge in [0.15, 0.2) is 10.8 Å². The van der Waals surface area contributed by atoms with Crippen LogP contribution in [-0.4, -0.2) is 4.98 Å². The molecule has 3 nitrogen and oxygen atoms in total.